The van der Waals surface area contributed by atoms with Crippen LogP contribution < -0.4 is 19.7 Å². The third-order valence-electron chi connectivity index (χ3n) is 5.37. The molecule has 1 aliphatic heterocycles. The monoisotopic (exact) mass is 422 g/mol. The maximum atomic E-state index is 12.9. The van der Waals surface area contributed by atoms with Gasteiger partial charge in [-0.05, 0) is 43.0 Å². The summed E-state index contributed by atoms with van der Waals surface area (Å²) >= 11 is 0. The standard InChI is InChI=1S/C22H26N6O3/c1-30-18-6-5-16(14-19(18)31-2)7-9-24-21(29)17-4-3-12-28(17)20-8-10-25-22(26-20)27-13-11-23-15-27/h5-6,8,10-11,13-15,17H,3-4,7,9,12H2,1-2H3,(H,24,29). The highest BCUT2D eigenvalue weighted by atomic mass is 16.5. The first-order valence-corrected chi connectivity index (χ1v) is 10.3. The van der Waals surface area contributed by atoms with E-state index in [-0.39, 0.29) is 11.9 Å². The molecule has 31 heavy (non-hydrogen) atoms. The van der Waals surface area contributed by atoms with E-state index < -0.39 is 0 Å². The molecule has 1 amide bonds. The lowest BCUT2D eigenvalue weighted by molar-refractivity contribution is -0.122. The second-order valence-electron chi connectivity index (χ2n) is 7.27. The van der Waals surface area contributed by atoms with Gasteiger partial charge in [0.25, 0.3) is 0 Å². The van der Waals surface area contributed by atoms with Crippen LogP contribution in [-0.4, -0.2) is 58.8 Å². The van der Waals surface area contributed by atoms with Crippen LogP contribution in [0, 0.1) is 0 Å². The predicted molar refractivity (Wildman–Crippen MR) is 116 cm³/mol. The number of anilines is 1. The molecule has 1 fully saturated rings. The van der Waals surface area contributed by atoms with Crippen LogP contribution >= 0.6 is 0 Å². The molecule has 3 heterocycles. The van der Waals surface area contributed by atoms with Crippen LogP contribution in [0.3, 0.4) is 0 Å². The fourth-order valence-electron chi connectivity index (χ4n) is 3.80. The Labute approximate surface area is 181 Å². The Hall–Kier alpha value is -3.62. The molecule has 0 spiro atoms. The highest BCUT2D eigenvalue weighted by Crippen LogP contribution is 2.28. The summed E-state index contributed by atoms with van der Waals surface area (Å²) in [4.78, 5) is 27.9. The minimum Gasteiger partial charge on any atom is -0.493 e. The maximum Gasteiger partial charge on any atom is 0.242 e. The Morgan fingerprint density at radius 1 is 1.19 bits per heavy atom. The molecular formula is C22H26N6O3. The Morgan fingerprint density at radius 2 is 2.06 bits per heavy atom. The first-order chi connectivity index (χ1) is 15.2. The number of amides is 1. The lowest BCUT2D eigenvalue weighted by Crippen LogP contribution is -2.44. The second-order valence-corrected chi connectivity index (χ2v) is 7.27. The van der Waals surface area contributed by atoms with Gasteiger partial charge < -0.3 is 19.7 Å². The van der Waals surface area contributed by atoms with Crippen LogP contribution in [0.15, 0.2) is 49.2 Å². The quantitative estimate of drug-likeness (QED) is 0.593. The van der Waals surface area contributed by atoms with E-state index in [9.17, 15) is 4.79 Å². The average molecular weight is 422 g/mol. The summed E-state index contributed by atoms with van der Waals surface area (Å²) in [6.45, 7) is 1.33. The summed E-state index contributed by atoms with van der Waals surface area (Å²) in [5, 5.41) is 3.07. The molecule has 1 saturated heterocycles. The molecule has 0 saturated carbocycles. The number of imidazole rings is 1. The van der Waals surface area contributed by atoms with Crippen molar-refractivity contribution in [2.24, 2.45) is 0 Å². The van der Waals surface area contributed by atoms with Crippen LogP contribution in [0.25, 0.3) is 5.95 Å². The highest BCUT2D eigenvalue weighted by molar-refractivity contribution is 5.85. The van der Waals surface area contributed by atoms with Crippen LogP contribution in [0.4, 0.5) is 5.82 Å². The van der Waals surface area contributed by atoms with Crippen molar-refractivity contribution in [3.8, 4) is 17.4 Å². The summed E-state index contributed by atoms with van der Waals surface area (Å²) in [5.74, 6) is 2.68. The molecule has 1 N–H and O–H groups in total. The number of aromatic nitrogens is 4. The van der Waals surface area contributed by atoms with E-state index in [1.54, 1.807) is 43.7 Å². The average Bonchev–Trinajstić information content (AvgIpc) is 3.51. The van der Waals surface area contributed by atoms with Gasteiger partial charge in [0.2, 0.25) is 11.9 Å². The van der Waals surface area contributed by atoms with Crippen LogP contribution in [-0.2, 0) is 11.2 Å². The minimum absolute atomic E-state index is 0.0146. The second kappa shape index (κ2) is 9.46. The first kappa shape index (κ1) is 20.6. The van der Waals surface area contributed by atoms with Crippen molar-refractivity contribution < 1.29 is 14.3 Å². The number of nitrogens with zero attached hydrogens (tertiary/aromatic N) is 5. The van der Waals surface area contributed by atoms with Gasteiger partial charge in [0.05, 0.1) is 14.2 Å². The number of ether oxygens (including phenoxy) is 2. The van der Waals surface area contributed by atoms with Gasteiger partial charge in [0.15, 0.2) is 11.5 Å². The van der Waals surface area contributed by atoms with E-state index in [0.29, 0.717) is 30.4 Å². The van der Waals surface area contributed by atoms with Crippen LogP contribution in [0.5, 0.6) is 11.5 Å². The Morgan fingerprint density at radius 3 is 2.84 bits per heavy atom. The van der Waals surface area contributed by atoms with Crippen LogP contribution in [0.1, 0.15) is 18.4 Å². The third kappa shape index (κ3) is 4.60. The summed E-state index contributed by atoms with van der Waals surface area (Å²) in [5.41, 5.74) is 1.07. The zero-order valence-electron chi connectivity index (χ0n) is 17.7. The zero-order chi connectivity index (χ0) is 21.6. The van der Waals surface area contributed by atoms with Crippen molar-refractivity contribution in [2.45, 2.75) is 25.3 Å². The molecule has 1 atom stereocenters. The van der Waals surface area contributed by atoms with E-state index in [1.807, 2.05) is 29.2 Å². The lowest BCUT2D eigenvalue weighted by Gasteiger charge is -2.25. The molecule has 162 valence electrons. The van der Waals surface area contributed by atoms with E-state index in [2.05, 4.69) is 20.3 Å². The molecule has 0 aliphatic carbocycles. The smallest absolute Gasteiger partial charge is 0.242 e. The number of hydrogen-bond donors (Lipinski definition) is 1. The van der Waals surface area contributed by atoms with Gasteiger partial charge in [-0.2, -0.15) is 4.98 Å². The third-order valence-corrected chi connectivity index (χ3v) is 5.37. The first-order valence-electron chi connectivity index (χ1n) is 10.3. The number of rotatable bonds is 8. The Balaban J connectivity index is 1.38. The molecule has 4 rings (SSSR count). The summed E-state index contributed by atoms with van der Waals surface area (Å²) in [6, 6.07) is 7.40. The molecule has 1 unspecified atom stereocenters. The largest absolute Gasteiger partial charge is 0.493 e. The predicted octanol–water partition coefficient (Wildman–Crippen LogP) is 2.01. The SMILES string of the molecule is COc1ccc(CCNC(=O)C2CCCN2c2ccnc(-n3ccnc3)n2)cc1OC. The zero-order valence-corrected chi connectivity index (χ0v) is 17.7. The van der Waals surface area contributed by atoms with Crippen molar-refractivity contribution in [1.29, 1.82) is 0 Å². The van der Waals surface area contributed by atoms with E-state index in [1.165, 1.54) is 0 Å². The summed E-state index contributed by atoms with van der Waals surface area (Å²) in [6.07, 6.45) is 9.29. The maximum absolute atomic E-state index is 12.9. The van der Waals surface area contributed by atoms with Gasteiger partial charge in [0, 0.05) is 31.7 Å². The number of carbonyl (C=O) groups excluding carboxylic acids is 1. The fraction of sp³-hybridized carbons (Fsp3) is 0.364. The van der Waals surface area contributed by atoms with Crippen molar-refractivity contribution in [3.63, 3.8) is 0 Å². The van der Waals surface area contributed by atoms with Crippen molar-refractivity contribution in [1.82, 2.24) is 24.8 Å². The molecule has 9 heteroatoms. The molecule has 0 radical (unpaired) electrons. The number of hydrogen-bond acceptors (Lipinski definition) is 7. The van der Waals surface area contributed by atoms with Gasteiger partial charge in [-0.3, -0.25) is 9.36 Å². The van der Waals surface area contributed by atoms with Crippen LogP contribution in [0.2, 0.25) is 0 Å². The number of nitrogens with one attached hydrogen (secondary N) is 1. The van der Waals surface area contributed by atoms with Gasteiger partial charge in [-0.1, -0.05) is 6.07 Å². The van der Waals surface area contributed by atoms with Crippen molar-refractivity contribution in [3.05, 3.63) is 54.7 Å². The minimum atomic E-state index is -0.240. The molecule has 9 nitrogen and oxygen atoms in total. The topological polar surface area (TPSA) is 94.4 Å². The Bertz CT molecular complexity index is 1020. The molecule has 1 aromatic carbocycles. The van der Waals surface area contributed by atoms with Gasteiger partial charge in [0.1, 0.15) is 18.2 Å². The molecule has 2 aromatic heterocycles. The van der Waals surface area contributed by atoms with E-state index in [0.717, 1.165) is 30.8 Å². The number of benzene rings is 1. The molecule has 3 aromatic rings. The van der Waals surface area contributed by atoms with Crippen molar-refractivity contribution in [2.75, 3.05) is 32.2 Å². The number of methoxy groups -OCH3 is 2. The summed E-state index contributed by atoms with van der Waals surface area (Å²) < 4.78 is 12.4. The summed E-state index contributed by atoms with van der Waals surface area (Å²) in [7, 11) is 3.23. The fourth-order valence-corrected chi connectivity index (χ4v) is 3.80. The Kier molecular flexibility index (Phi) is 6.30. The highest BCUT2D eigenvalue weighted by Gasteiger charge is 2.31. The molecule has 1 aliphatic rings. The number of carbonyl (C=O) groups is 1. The molecular weight excluding hydrogens is 396 g/mol. The van der Waals surface area contributed by atoms with Gasteiger partial charge in [-0.25, -0.2) is 9.97 Å². The van der Waals surface area contributed by atoms with E-state index >= 15 is 0 Å². The van der Waals surface area contributed by atoms with Gasteiger partial charge >= 0.3 is 0 Å². The molecule has 0 bridgehead atoms. The van der Waals surface area contributed by atoms with Gasteiger partial charge in [-0.15, -0.1) is 0 Å². The van der Waals surface area contributed by atoms with Crippen molar-refractivity contribution >= 4 is 11.7 Å². The van der Waals surface area contributed by atoms with E-state index in [4.69, 9.17) is 9.47 Å². The lowest BCUT2D eigenvalue weighted by atomic mass is 10.1. The normalized spacial score (nSPS) is 15.7.